The molecule has 6 nitrogen and oxygen atoms in total. The van der Waals surface area contributed by atoms with Crippen molar-refractivity contribution >= 4 is 5.97 Å². The first-order valence-electron chi connectivity index (χ1n) is 5.14. The van der Waals surface area contributed by atoms with Gasteiger partial charge in [0.25, 0.3) is 0 Å². The molecule has 0 spiro atoms. The molecule has 0 aromatic carbocycles. The minimum absolute atomic E-state index is 0.146. The van der Waals surface area contributed by atoms with Gasteiger partial charge in [-0.25, -0.2) is 4.79 Å². The van der Waals surface area contributed by atoms with E-state index in [1.807, 2.05) is 6.92 Å². The third-order valence-electron chi connectivity index (χ3n) is 2.71. The van der Waals surface area contributed by atoms with Crippen LogP contribution >= 0.6 is 0 Å². The summed E-state index contributed by atoms with van der Waals surface area (Å²) in [6.45, 7) is 1.21. The van der Waals surface area contributed by atoms with Gasteiger partial charge >= 0.3 is 5.97 Å². The predicted molar refractivity (Wildman–Crippen MR) is 53.7 cm³/mol. The molecule has 1 rings (SSSR count). The van der Waals surface area contributed by atoms with E-state index < -0.39 is 35.8 Å². The number of carbonyl (C=O) groups is 1. The van der Waals surface area contributed by atoms with Crippen molar-refractivity contribution in [3.8, 4) is 0 Å². The van der Waals surface area contributed by atoms with Crippen molar-refractivity contribution in [2.45, 2.75) is 37.9 Å². The highest BCUT2D eigenvalue weighted by molar-refractivity contribution is 5.89. The van der Waals surface area contributed by atoms with E-state index in [0.717, 1.165) is 6.42 Å². The summed E-state index contributed by atoms with van der Waals surface area (Å²) in [5.41, 5.74) is -1.70. The highest BCUT2D eigenvalue weighted by Crippen LogP contribution is 2.37. The average molecular weight is 232 g/mol. The highest BCUT2D eigenvalue weighted by atomic mass is 16.6. The maximum atomic E-state index is 11.1. The van der Waals surface area contributed by atoms with Gasteiger partial charge in [0.2, 0.25) is 11.4 Å². The van der Waals surface area contributed by atoms with Gasteiger partial charge in [-0.3, -0.25) is 0 Å². The Bertz CT molecular complexity index is 310. The molecule has 1 heterocycles. The maximum absolute atomic E-state index is 11.1. The molecule has 16 heavy (non-hydrogen) atoms. The number of hydrogen-bond donors (Lipinski definition) is 4. The largest absolute Gasteiger partial charge is 0.505 e. The molecule has 0 aliphatic carbocycles. The van der Waals surface area contributed by atoms with Crippen LogP contribution in [0.3, 0.4) is 0 Å². The lowest BCUT2D eigenvalue weighted by Crippen LogP contribution is -2.47. The summed E-state index contributed by atoms with van der Waals surface area (Å²) in [5, 5.41) is 37.3. The zero-order chi connectivity index (χ0) is 12.3. The number of aliphatic hydroxyl groups excluding tert-OH is 4. The van der Waals surface area contributed by atoms with E-state index in [-0.39, 0.29) is 6.42 Å². The van der Waals surface area contributed by atoms with E-state index in [1.165, 1.54) is 0 Å². The minimum atomic E-state index is -1.70. The smallest absolute Gasteiger partial charge is 0.378 e. The number of ether oxygens (including phenoxy) is 1. The second-order valence-electron chi connectivity index (χ2n) is 3.78. The van der Waals surface area contributed by atoms with Gasteiger partial charge in [-0.2, -0.15) is 0 Å². The second kappa shape index (κ2) is 4.71. The van der Waals surface area contributed by atoms with Crippen LogP contribution in [0, 0.1) is 0 Å². The van der Waals surface area contributed by atoms with E-state index in [9.17, 15) is 20.1 Å². The van der Waals surface area contributed by atoms with Crippen LogP contribution in [-0.2, 0) is 9.53 Å². The molecule has 0 aromatic heterocycles. The third kappa shape index (κ3) is 1.85. The summed E-state index contributed by atoms with van der Waals surface area (Å²) < 4.78 is 4.81. The fraction of sp³-hybridized carbons (Fsp3) is 0.700. The fourth-order valence-electron chi connectivity index (χ4n) is 1.71. The van der Waals surface area contributed by atoms with E-state index in [1.54, 1.807) is 0 Å². The Morgan fingerprint density at radius 1 is 1.44 bits per heavy atom. The molecular formula is C10H16O6. The van der Waals surface area contributed by atoms with Gasteiger partial charge in [0, 0.05) is 0 Å². The van der Waals surface area contributed by atoms with Crippen molar-refractivity contribution in [2.75, 3.05) is 6.61 Å². The zero-order valence-corrected chi connectivity index (χ0v) is 9.01. The number of carbonyl (C=O) groups excluding carboxylic acids is 1. The number of hydrogen-bond acceptors (Lipinski definition) is 6. The van der Waals surface area contributed by atoms with Crippen molar-refractivity contribution in [2.24, 2.45) is 0 Å². The Kier molecular flexibility index (Phi) is 3.77. The number of aliphatic hydroxyl groups is 4. The van der Waals surface area contributed by atoms with Gasteiger partial charge in [-0.05, 0) is 12.8 Å². The highest BCUT2D eigenvalue weighted by Gasteiger charge is 2.53. The molecule has 1 aliphatic rings. The summed E-state index contributed by atoms with van der Waals surface area (Å²) in [5.74, 6) is -2.68. The molecule has 0 saturated heterocycles. The van der Waals surface area contributed by atoms with Crippen LogP contribution in [0.15, 0.2) is 11.5 Å². The molecule has 0 unspecified atom stereocenters. The Balaban J connectivity index is 3.02. The van der Waals surface area contributed by atoms with E-state index in [4.69, 9.17) is 9.84 Å². The van der Waals surface area contributed by atoms with Crippen LogP contribution in [0.1, 0.15) is 26.2 Å². The van der Waals surface area contributed by atoms with Crippen molar-refractivity contribution in [1.29, 1.82) is 0 Å². The van der Waals surface area contributed by atoms with Crippen LogP contribution < -0.4 is 0 Å². The van der Waals surface area contributed by atoms with E-state index >= 15 is 0 Å². The van der Waals surface area contributed by atoms with Crippen molar-refractivity contribution in [1.82, 2.24) is 0 Å². The molecule has 6 heteroatoms. The molecule has 0 bridgehead atoms. The first-order chi connectivity index (χ1) is 7.49. The van der Waals surface area contributed by atoms with Gasteiger partial charge in [-0.15, -0.1) is 0 Å². The minimum Gasteiger partial charge on any atom is -0.505 e. The first kappa shape index (κ1) is 12.8. The quantitative estimate of drug-likeness (QED) is 0.503. The van der Waals surface area contributed by atoms with Gasteiger partial charge in [-0.1, -0.05) is 13.3 Å². The molecule has 2 atom stereocenters. The monoisotopic (exact) mass is 232 g/mol. The van der Waals surface area contributed by atoms with Crippen molar-refractivity contribution in [3.05, 3.63) is 11.5 Å². The number of unbranched alkanes of at least 4 members (excludes halogenated alkanes) is 1. The molecule has 0 amide bonds. The van der Waals surface area contributed by atoms with Crippen LogP contribution in [-0.4, -0.2) is 44.7 Å². The normalized spacial score (nSPS) is 27.1. The van der Waals surface area contributed by atoms with Crippen molar-refractivity contribution in [3.63, 3.8) is 0 Å². The predicted octanol–water partition coefficient (Wildman–Crippen LogP) is 0.153. The molecule has 0 fully saturated rings. The van der Waals surface area contributed by atoms with E-state index in [0.29, 0.717) is 6.42 Å². The number of cyclic esters (lactones) is 1. The van der Waals surface area contributed by atoms with Gasteiger partial charge < -0.3 is 25.2 Å². The van der Waals surface area contributed by atoms with Crippen LogP contribution in [0.4, 0.5) is 0 Å². The molecule has 0 saturated carbocycles. The van der Waals surface area contributed by atoms with Crippen LogP contribution in [0.2, 0.25) is 0 Å². The Morgan fingerprint density at radius 3 is 2.44 bits per heavy atom. The Hall–Kier alpha value is -1.27. The van der Waals surface area contributed by atoms with Crippen LogP contribution in [0.5, 0.6) is 0 Å². The lowest BCUT2D eigenvalue weighted by atomic mass is 9.89. The number of rotatable bonds is 5. The lowest BCUT2D eigenvalue weighted by Gasteiger charge is -2.31. The molecule has 0 radical (unpaired) electrons. The standard InChI is InChI=1S/C10H16O6/c1-2-3-4-10(6(12)5-11)8(14)7(13)9(15)16-10/h6,11-14H,2-5H2,1H3/t6-,10+/m0/s1. The third-order valence-corrected chi connectivity index (χ3v) is 2.71. The Morgan fingerprint density at radius 2 is 2.06 bits per heavy atom. The average Bonchev–Trinajstić information content (AvgIpc) is 2.51. The van der Waals surface area contributed by atoms with Gasteiger partial charge in [0.05, 0.1) is 6.61 Å². The van der Waals surface area contributed by atoms with E-state index in [2.05, 4.69) is 0 Å². The zero-order valence-electron chi connectivity index (χ0n) is 9.01. The van der Waals surface area contributed by atoms with Crippen molar-refractivity contribution < 1.29 is 30.0 Å². The summed E-state index contributed by atoms with van der Waals surface area (Å²) in [6.07, 6.45) is 0.0210. The summed E-state index contributed by atoms with van der Waals surface area (Å²) in [4.78, 5) is 11.1. The molecular weight excluding hydrogens is 216 g/mol. The molecule has 4 N–H and O–H groups in total. The molecule has 92 valence electrons. The van der Waals surface area contributed by atoms with Gasteiger partial charge in [0.15, 0.2) is 5.76 Å². The second-order valence-corrected chi connectivity index (χ2v) is 3.78. The molecule has 0 aromatic rings. The Labute approximate surface area is 92.8 Å². The van der Waals surface area contributed by atoms with Gasteiger partial charge in [0.1, 0.15) is 6.10 Å². The van der Waals surface area contributed by atoms with Crippen LogP contribution in [0.25, 0.3) is 0 Å². The summed E-state index contributed by atoms with van der Waals surface area (Å²) in [6, 6.07) is 0. The first-order valence-corrected chi connectivity index (χ1v) is 5.14. The SMILES string of the molecule is CCCC[C@]1([C@@H](O)CO)OC(=O)C(O)=C1O. The molecule has 1 aliphatic heterocycles. The summed E-state index contributed by atoms with van der Waals surface area (Å²) in [7, 11) is 0. The number of esters is 1. The maximum Gasteiger partial charge on any atom is 0.378 e. The summed E-state index contributed by atoms with van der Waals surface area (Å²) >= 11 is 0. The topological polar surface area (TPSA) is 107 Å². The fourth-order valence-corrected chi connectivity index (χ4v) is 1.71. The lowest BCUT2D eigenvalue weighted by molar-refractivity contribution is -0.165.